The molecule has 0 aromatic heterocycles. The molecule has 0 aliphatic heterocycles. The molecular formula is C35H67NO5. The van der Waals surface area contributed by atoms with Crippen molar-refractivity contribution >= 4 is 5.97 Å². The first-order valence-corrected chi connectivity index (χ1v) is 17.1. The largest absolute Gasteiger partial charge is 0.466 e. The number of carbonyl (C=O) groups excluding carboxylic acids is 1. The Morgan fingerprint density at radius 2 is 1.10 bits per heavy atom. The number of rotatable bonds is 33. The average molecular weight is 582 g/mol. The Labute approximate surface area is 254 Å². The molecule has 1 N–H and O–H groups in total. The van der Waals surface area contributed by atoms with Gasteiger partial charge in [0.2, 0.25) is 0 Å². The molecule has 0 aromatic carbocycles. The van der Waals surface area contributed by atoms with Crippen LogP contribution in [0.25, 0.3) is 0 Å². The van der Waals surface area contributed by atoms with Crippen LogP contribution in [0, 0.1) is 0 Å². The molecule has 0 unspecified atom stereocenters. The fourth-order valence-corrected chi connectivity index (χ4v) is 4.47. The Balaban J connectivity index is 3.83. The van der Waals surface area contributed by atoms with Crippen molar-refractivity contribution < 1.29 is 23.7 Å². The minimum atomic E-state index is -0.325. The highest BCUT2D eigenvalue weighted by molar-refractivity contribution is 5.69. The Kier molecular flexibility index (Phi) is 34.0. The second kappa shape index (κ2) is 35.0. The normalized spacial score (nSPS) is 11.9. The van der Waals surface area contributed by atoms with E-state index in [9.17, 15) is 4.79 Å². The summed E-state index contributed by atoms with van der Waals surface area (Å²) < 4.78 is 22.6. The molecule has 0 aliphatic carbocycles. The molecule has 0 saturated heterocycles. The van der Waals surface area contributed by atoms with Gasteiger partial charge in [-0.05, 0) is 90.1 Å². The van der Waals surface area contributed by atoms with Crippen molar-refractivity contribution in [2.75, 3.05) is 46.6 Å². The molecule has 0 fully saturated rings. The molecule has 0 rings (SSSR count). The molecule has 242 valence electrons. The monoisotopic (exact) mass is 582 g/mol. The van der Waals surface area contributed by atoms with Crippen molar-refractivity contribution in [2.45, 2.75) is 149 Å². The number of hydrogen-bond donors (Lipinski definition) is 1. The summed E-state index contributed by atoms with van der Waals surface area (Å²) in [7, 11) is 1.77. The summed E-state index contributed by atoms with van der Waals surface area (Å²) in [5.41, 5.74) is 0. The minimum Gasteiger partial charge on any atom is -0.466 e. The van der Waals surface area contributed by atoms with E-state index in [1.807, 2.05) is 0 Å². The summed E-state index contributed by atoms with van der Waals surface area (Å²) >= 11 is 0. The number of ether oxygens (including phenoxy) is 4. The van der Waals surface area contributed by atoms with Crippen molar-refractivity contribution in [3.05, 3.63) is 24.3 Å². The Morgan fingerprint density at radius 1 is 0.610 bits per heavy atom. The van der Waals surface area contributed by atoms with Crippen molar-refractivity contribution in [3.63, 3.8) is 0 Å². The van der Waals surface area contributed by atoms with Gasteiger partial charge in [-0.1, -0.05) is 76.7 Å². The Morgan fingerprint density at radius 3 is 1.63 bits per heavy atom. The van der Waals surface area contributed by atoms with Gasteiger partial charge in [-0.15, -0.1) is 0 Å². The third-order valence-corrected chi connectivity index (χ3v) is 6.99. The fourth-order valence-electron chi connectivity index (χ4n) is 4.47. The number of nitrogens with one attached hydrogen (secondary N) is 1. The second-order valence-electron chi connectivity index (χ2n) is 11.0. The van der Waals surface area contributed by atoms with E-state index in [1.54, 1.807) is 7.11 Å². The van der Waals surface area contributed by atoms with E-state index in [2.05, 4.69) is 43.5 Å². The van der Waals surface area contributed by atoms with Crippen molar-refractivity contribution in [1.82, 2.24) is 5.32 Å². The highest BCUT2D eigenvalue weighted by Crippen LogP contribution is 2.11. The van der Waals surface area contributed by atoms with Gasteiger partial charge in [0.05, 0.1) is 13.0 Å². The third kappa shape index (κ3) is 33.2. The lowest BCUT2D eigenvalue weighted by Gasteiger charge is -2.18. The second-order valence-corrected chi connectivity index (χ2v) is 11.0. The molecule has 0 saturated carbocycles. The molecule has 0 heterocycles. The van der Waals surface area contributed by atoms with Gasteiger partial charge in [-0.25, -0.2) is 0 Å². The lowest BCUT2D eigenvalue weighted by molar-refractivity contribution is -0.159. The molecule has 6 heteroatoms. The minimum absolute atomic E-state index is 0.139. The van der Waals surface area contributed by atoms with Gasteiger partial charge in [-0.2, -0.15) is 0 Å². The predicted octanol–water partition coefficient (Wildman–Crippen LogP) is 9.08. The summed E-state index contributed by atoms with van der Waals surface area (Å²) in [6.07, 6.45) is 30.2. The van der Waals surface area contributed by atoms with Crippen LogP contribution in [0.2, 0.25) is 0 Å². The zero-order chi connectivity index (χ0) is 29.9. The maximum absolute atomic E-state index is 12.3. The maximum atomic E-state index is 12.3. The number of allylic oxidation sites excluding steroid dienone is 4. The molecule has 41 heavy (non-hydrogen) atoms. The number of unbranched alkanes of at least 4 members (excludes halogenated alkanes) is 12. The van der Waals surface area contributed by atoms with E-state index >= 15 is 0 Å². The van der Waals surface area contributed by atoms with Gasteiger partial charge in [-0.3, -0.25) is 4.79 Å². The first kappa shape index (κ1) is 39.8. The smallest absolute Gasteiger partial charge is 0.305 e. The Hall–Kier alpha value is -1.21. The van der Waals surface area contributed by atoms with Crippen molar-refractivity contribution in [1.29, 1.82) is 0 Å². The number of hydrogen-bond acceptors (Lipinski definition) is 6. The van der Waals surface area contributed by atoms with Crippen LogP contribution >= 0.6 is 0 Å². The van der Waals surface area contributed by atoms with Gasteiger partial charge in [0.15, 0.2) is 6.29 Å². The third-order valence-electron chi connectivity index (χ3n) is 6.99. The fraction of sp³-hybridized carbons (Fsp3) is 0.857. The van der Waals surface area contributed by atoms with Crippen LogP contribution in [0.4, 0.5) is 0 Å². The van der Waals surface area contributed by atoms with Crippen LogP contribution in [-0.4, -0.2) is 58.9 Å². The number of methoxy groups -OCH3 is 1. The quantitative estimate of drug-likeness (QED) is 0.0361. The van der Waals surface area contributed by atoms with E-state index in [-0.39, 0.29) is 12.3 Å². The molecule has 0 spiro atoms. The number of carbonyl (C=O) groups is 1. The maximum Gasteiger partial charge on any atom is 0.305 e. The molecule has 0 radical (unpaired) electrons. The van der Waals surface area contributed by atoms with Crippen LogP contribution in [0.1, 0.15) is 142 Å². The van der Waals surface area contributed by atoms with Crippen LogP contribution in [0.15, 0.2) is 24.3 Å². The van der Waals surface area contributed by atoms with Gasteiger partial charge in [0, 0.05) is 33.4 Å². The summed E-state index contributed by atoms with van der Waals surface area (Å²) in [6.45, 7) is 9.30. The molecule has 0 amide bonds. The van der Waals surface area contributed by atoms with E-state index in [4.69, 9.17) is 18.9 Å². The molecule has 0 bridgehead atoms. The van der Waals surface area contributed by atoms with E-state index in [0.29, 0.717) is 32.7 Å². The van der Waals surface area contributed by atoms with Gasteiger partial charge in [0.1, 0.15) is 0 Å². The molecule has 6 nitrogen and oxygen atoms in total. The SMILES string of the molecule is CC/C=C\CCCCOC(CCC(=O)OCCCCCCCNCCCCCCCOC)OCCCC/C=C\CC. The average Bonchev–Trinajstić information content (AvgIpc) is 2.98. The first-order chi connectivity index (χ1) is 20.2. The zero-order valence-corrected chi connectivity index (χ0v) is 27.3. The molecule has 0 atom stereocenters. The van der Waals surface area contributed by atoms with Gasteiger partial charge >= 0.3 is 5.97 Å². The zero-order valence-electron chi connectivity index (χ0n) is 27.3. The molecular weight excluding hydrogens is 514 g/mol. The summed E-state index contributed by atoms with van der Waals surface area (Å²) in [4.78, 5) is 12.3. The Bertz CT molecular complexity index is 557. The van der Waals surface area contributed by atoms with Crippen LogP contribution in [0.3, 0.4) is 0 Å². The van der Waals surface area contributed by atoms with E-state index in [1.165, 1.54) is 51.4 Å². The highest BCUT2D eigenvalue weighted by Gasteiger charge is 2.13. The lowest BCUT2D eigenvalue weighted by atomic mass is 10.1. The van der Waals surface area contributed by atoms with Crippen molar-refractivity contribution in [3.8, 4) is 0 Å². The standard InChI is InChI=1S/C35H67NO5/c1-4-6-8-10-17-24-32-40-35(41-33-25-18-11-9-7-5-2)27-26-34(37)39-31-23-19-13-15-21-29-36-28-20-14-12-16-22-30-38-3/h6-9,35-36H,4-5,10-33H2,1-3H3/b8-6-,9-7-. The topological polar surface area (TPSA) is 66.0 Å². The van der Waals surface area contributed by atoms with E-state index < -0.39 is 0 Å². The molecule has 0 aromatic rings. The molecule has 0 aliphatic rings. The van der Waals surface area contributed by atoms with Gasteiger partial charge in [0.25, 0.3) is 0 Å². The van der Waals surface area contributed by atoms with E-state index in [0.717, 1.165) is 83.9 Å². The number of esters is 1. The van der Waals surface area contributed by atoms with Gasteiger partial charge < -0.3 is 24.3 Å². The summed E-state index contributed by atoms with van der Waals surface area (Å²) in [5, 5.41) is 3.56. The van der Waals surface area contributed by atoms with Crippen LogP contribution < -0.4 is 5.32 Å². The summed E-state index contributed by atoms with van der Waals surface area (Å²) in [5.74, 6) is -0.139. The van der Waals surface area contributed by atoms with Crippen LogP contribution in [0.5, 0.6) is 0 Å². The first-order valence-electron chi connectivity index (χ1n) is 17.1. The van der Waals surface area contributed by atoms with Crippen molar-refractivity contribution in [2.24, 2.45) is 0 Å². The summed E-state index contributed by atoms with van der Waals surface area (Å²) in [6, 6.07) is 0. The highest BCUT2D eigenvalue weighted by atomic mass is 16.7. The van der Waals surface area contributed by atoms with Crippen LogP contribution in [-0.2, 0) is 23.7 Å². The predicted molar refractivity (Wildman–Crippen MR) is 173 cm³/mol. The lowest BCUT2D eigenvalue weighted by Crippen LogP contribution is -2.21.